The molecule has 2 rings (SSSR count). The summed E-state index contributed by atoms with van der Waals surface area (Å²) in [7, 11) is 0. The molecule has 1 atom stereocenters. The van der Waals surface area contributed by atoms with Gasteiger partial charge in [-0.2, -0.15) is 4.98 Å². The van der Waals surface area contributed by atoms with Crippen LogP contribution in [0.1, 0.15) is 31.5 Å². The van der Waals surface area contributed by atoms with Crippen molar-refractivity contribution in [3.05, 3.63) is 47.7 Å². The number of hydrogen-bond donors (Lipinski definition) is 2. The Bertz CT molecular complexity index is 539. The fraction of sp³-hybridized carbons (Fsp3) is 0.375. The Labute approximate surface area is 120 Å². The summed E-state index contributed by atoms with van der Waals surface area (Å²) in [5, 5.41) is 6.65. The maximum absolute atomic E-state index is 4.50. The lowest BCUT2D eigenvalue weighted by Crippen LogP contribution is -2.16. The molecule has 1 aromatic heterocycles. The van der Waals surface area contributed by atoms with E-state index in [0.29, 0.717) is 12.0 Å². The third-order valence-corrected chi connectivity index (χ3v) is 3.16. The molecule has 4 heteroatoms. The molecule has 0 saturated heterocycles. The number of hydrogen-bond acceptors (Lipinski definition) is 4. The number of anilines is 2. The Kier molecular flexibility index (Phi) is 4.93. The second-order valence-electron chi connectivity index (χ2n) is 5.01. The average Bonchev–Trinajstić information content (AvgIpc) is 2.45. The highest BCUT2D eigenvalue weighted by Gasteiger charge is 2.05. The number of rotatable bonds is 6. The van der Waals surface area contributed by atoms with Crippen molar-refractivity contribution >= 4 is 11.8 Å². The van der Waals surface area contributed by atoms with E-state index >= 15 is 0 Å². The molecule has 4 nitrogen and oxygen atoms in total. The molecule has 106 valence electrons. The zero-order valence-corrected chi connectivity index (χ0v) is 12.4. The van der Waals surface area contributed by atoms with Crippen LogP contribution >= 0.6 is 0 Å². The maximum Gasteiger partial charge on any atom is 0.225 e. The van der Waals surface area contributed by atoms with Gasteiger partial charge in [0.05, 0.1) is 0 Å². The zero-order chi connectivity index (χ0) is 14.4. The lowest BCUT2D eigenvalue weighted by atomic mass is 10.2. The largest absolute Gasteiger partial charge is 0.366 e. The van der Waals surface area contributed by atoms with Crippen molar-refractivity contribution in [3.63, 3.8) is 0 Å². The average molecular weight is 270 g/mol. The Balaban J connectivity index is 2.04. The first-order chi connectivity index (χ1) is 9.67. The summed E-state index contributed by atoms with van der Waals surface area (Å²) in [5.74, 6) is 1.54. The van der Waals surface area contributed by atoms with Gasteiger partial charge >= 0.3 is 0 Å². The topological polar surface area (TPSA) is 49.8 Å². The molecule has 0 amide bonds. The molecule has 1 aromatic carbocycles. The molecular weight excluding hydrogens is 248 g/mol. The molecule has 0 aliphatic rings. The van der Waals surface area contributed by atoms with E-state index in [1.165, 1.54) is 5.56 Å². The van der Waals surface area contributed by atoms with E-state index in [0.717, 1.165) is 24.5 Å². The van der Waals surface area contributed by atoms with Gasteiger partial charge in [-0.3, -0.25) is 0 Å². The second-order valence-corrected chi connectivity index (χ2v) is 5.01. The molecule has 1 heterocycles. The highest BCUT2D eigenvalue weighted by molar-refractivity contribution is 5.43. The van der Waals surface area contributed by atoms with Crippen molar-refractivity contribution < 1.29 is 0 Å². The fourth-order valence-corrected chi connectivity index (χ4v) is 1.83. The van der Waals surface area contributed by atoms with Crippen LogP contribution in [0.25, 0.3) is 0 Å². The van der Waals surface area contributed by atoms with Gasteiger partial charge in [0.25, 0.3) is 0 Å². The van der Waals surface area contributed by atoms with Crippen LogP contribution in [0, 0.1) is 6.92 Å². The van der Waals surface area contributed by atoms with Crippen LogP contribution in [0.4, 0.5) is 11.8 Å². The molecule has 2 aromatic rings. The summed E-state index contributed by atoms with van der Waals surface area (Å²) in [6, 6.07) is 12.6. The fourth-order valence-electron chi connectivity index (χ4n) is 1.83. The Hall–Kier alpha value is -2.10. The zero-order valence-electron chi connectivity index (χ0n) is 12.4. The standard InChI is InChI=1S/C16H22N4/c1-4-12(2)18-16-19-13(3)10-15(20-16)17-11-14-8-6-5-7-9-14/h5-10,12H,4,11H2,1-3H3,(H2,17,18,19,20). The summed E-state index contributed by atoms with van der Waals surface area (Å²) in [6.45, 7) is 7.02. The Morgan fingerprint density at radius 2 is 1.90 bits per heavy atom. The molecule has 0 spiro atoms. The van der Waals surface area contributed by atoms with E-state index in [-0.39, 0.29) is 0 Å². The third-order valence-electron chi connectivity index (χ3n) is 3.16. The molecule has 1 unspecified atom stereocenters. The lowest BCUT2D eigenvalue weighted by Gasteiger charge is -2.13. The van der Waals surface area contributed by atoms with Crippen LogP contribution in [0.5, 0.6) is 0 Å². The minimum Gasteiger partial charge on any atom is -0.366 e. The smallest absolute Gasteiger partial charge is 0.225 e. The number of nitrogens with one attached hydrogen (secondary N) is 2. The molecule has 20 heavy (non-hydrogen) atoms. The SMILES string of the molecule is CCC(C)Nc1nc(C)cc(NCc2ccccc2)n1. The number of aryl methyl sites for hydroxylation is 1. The van der Waals surface area contributed by atoms with Crippen molar-refractivity contribution in [2.45, 2.75) is 39.8 Å². The van der Waals surface area contributed by atoms with Gasteiger partial charge in [-0.15, -0.1) is 0 Å². The van der Waals surface area contributed by atoms with Crippen LogP contribution in [0.15, 0.2) is 36.4 Å². The van der Waals surface area contributed by atoms with Gasteiger partial charge < -0.3 is 10.6 Å². The highest BCUT2D eigenvalue weighted by Crippen LogP contribution is 2.12. The number of benzene rings is 1. The molecular formula is C16H22N4. The van der Waals surface area contributed by atoms with Gasteiger partial charge in [0.2, 0.25) is 5.95 Å². The minimum atomic E-state index is 0.374. The first-order valence-corrected chi connectivity index (χ1v) is 7.07. The highest BCUT2D eigenvalue weighted by atomic mass is 15.1. The van der Waals surface area contributed by atoms with Crippen LogP contribution in [-0.2, 0) is 6.54 Å². The maximum atomic E-state index is 4.50. The van der Waals surface area contributed by atoms with E-state index in [1.54, 1.807) is 0 Å². The van der Waals surface area contributed by atoms with E-state index in [2.05, 4.69) is 46.6 Å². The summed E-state index contributed by atoms with van der Waals surface area (Å²) < 4.78 is 0. The molecule has 2 N–H and O–H groups in total. The van der Waals surface area contributed by atoms with Gasteiger partial charge in [-0.1, -0.05) is 37.3 Å². The second kappa shape index (κ2) is 6.89. The van der Waals surface area contributed by atoms with Crippen LogP contribution in [0.3, 0.4) is 0 Å². The van der Waals surface area contributed by atoms with Crippen molar-refractivity contribution in [3.8, 4) is 0 Å². The quantitative estimate of drug-likeness (QED) is 0.842. The van der Waals surface area contributed by atoms with Crippen molar-refractivity contribution in [2.75, 3.05) is 10.6 Å². The monoisotopic (exact) mass is 270 g/mol. The summed E-state index contributed by atoms with van der Waals surface area (Å²) in [4.78, 5) is 8.92. The van der Waals surface area contributed by atoms with E-state index in [1.807, 2.05) is 31.2 Å². The molecule has 0 aliphatic carbocycles. The van der Waals surface area contributed by atoms with E-state index in [4.69, 9.17) is 0 Å². The molecule has 0 bridgehead atoms. The summed E-state index contributed by atoms with van der Waals surface area (Å²) >= 11 is 0. The van der Waals surface area contributed by atoms with E-state index < -0.39 is 0 Å². The van der Waals surface area contributed by atoms with Crippen molar-refractivity contribution in [2.24, 2.45) is 0 Å². The first kappa shape index (κ1) is 14.3. The summed E-state index contributed by atoms with van der Waals surface area (Å²) in [6.07, 6.45) is 1.05. The predicted octanol–water partition coefficient (Wildman–Crippen LogP) is 3.61. The van der Waals surface area contributed by atoms with Gasteiger partial charge in [0, 0.05) is 24.3 Å². The first-order valence-electron chi connectivity index (χ1n) is 7.07. The molecule has 0 aliphatic heterocycles. The summed E-state index contributed by atoms with van der Waals surface area (Å²) in [5.41, 5.74) is 2.20. The van der Waals surface area contributed by atoms with Gasteiger partial charge in [0.15, 0.2) is 0 Å². The Morgan fingerprint density at radius 1 is 1.15 bits per heavy atom. The molecule has 0 saturated carbocycles. The predicted molar refractivity (Wildman–Crippen MR) is 83.9 cm³/mol. The third kappa shape index (κ3) is 4.23. The van der Waals surface area contributed by atoms with E-state index in [9.17, 15) is 0 Å². The molecule has 0 fully saturated rings. The van der Waals surface area contributed by atoms with Crippen LogP contribution in [-0.4, -0.2) is 16.0 Å². The van der Waals surface area contributed by atoms with Crippen molar-refractivity contribution in [1.82, 2.24) is 9.97 Å². The van der Waals surface area contributed by atoms with Crippen LogP contribution < -0.4 is 10.6 Å². The molecule has 0 radical (unpaired) electrons. The number of aromatic nitrogens is 2. The van der Waals surface area contributed by atoms with Crippen LogP contribution in [0.2, 0.25) is 0 Å². The van der Waals surface area contributed by atoms with Gasteiger partial charge in [0.1, 0.15) is 5.82 Å². The normalized spacial score (nSPS) is 11.9. The number of nitrogens with zero attached hydrogens (tertiary/aromatic N) is 2. The van der Waals surface area contributed by atoms with Gasteiger partial charge in [-0.25, -0.2) is 4.98 Å². The lowest BCUT2D eigenvalue weighted by molar-refractivity contribution is 0.751. The van der Waals surface area contributed by atoms with Crippen molar-refractivity contribution in [1.29, 1.82) is 0 Å². The Morgan fingerprint density at radius 3 is 2.60 bits per heavy atom. The van der Waals surface area contributed by atoms with Gasteiger partial charge in [-0.05, 0) is 25.8 Å². The minimum absolute atomic E-state index is 0.374.